The number of nitrogens with one attached hydrogen (secondary N) is 1. The monoisotopic (exact) mass is 474 g/mol. The zero-order valence-electron chi connectivity index (χ0n) is 13.3. The maximum absolute atomic E-state index is 11.3. The maximum Gasteiger partial charge on any atom is 0.255 e. The molecule has 0 saturated heterocycles. The highest BCUT2D eigenvalue weighted by Crippen LogP contribution is 2.15. The summed E-state index contributed by atoms with van der Waals surface area (Å²) in [5.74, 6) is -0.601. The predicted octanol–water partition coefficient (Wildman–Crippen LogP) is 5.59. The third kappa shape index (κ3) is 6.00. The fourth-order valence-corrected chi connectivity index (χ4v) is 2.60. The molecule has 0 radical (unpaired) electrons. The standard InChI is InChI=1S/C9H6BrN3O.C9H6BrNO/c10-8-4-1-7(2-5-8)3-6-9(14)12-13-11;10-7-2-1-6-3-4-11-9(12)8(6)5-7/h1-6H;1-5H,(H,11,12)/b6-3+;. The minimum atomic E-state index is -0.601. The summed E-state index contributed by atoms with van der Waals surface area (Å²) in [4.78, 5) is 27.0. The second-order valence-corrected chi connectivity index (χ2v) is 6.78. The Balaban J connectivity index is 0.000000189. The van der Waals surface area contributed by atoms with Crippen LogP contribution in [0.15, 0.2) is 79.7 Å². The number of carbonyl (C=O) groups is 1. The van der Waals surface area contributed by atoms with Crippen LogP contribution in [-0.2, 0) is 4.79 Å². The lowest BCUT2D eigenvalue weighted by Gasteiger charge is -1.95. The largest absolute Gasteiger partial charge is 0.329 e. The molecular formula is C18H12Br2N4O2. The summed E-state index contributed by atoms with van der Waals surface area (Å²) >= 11 is 6.61. The van der Waals surface area contributed by atoms with Crippen LogP contribution in [0.3, 0.4) is 0 Å². The molecule has 1 aromatic heterocycles. The van der Waals surface area contributed by atoms with Gasteiger partial charge < -0.3 is 4.98 Å². The number of aromatic amines is 1. The van der Waals surface area contributed by atoms with Gasteiger partial charge in [0.15, 0.2) is 0 Å². The lowest BCUT2D eigenvalue weighted by atomic mass is 10.2. The molecule has 0 aliphatic carbocycles. The first-order chi connectivity index (χ1) is 12.5. The number of rotatable bonds is 2. The van der Waals surface area contributed by atoms with Crippen LogP contribution in [0.1, 0.15) is 5.56 Å². The van der Waals surface area contributed by atoms with Gasteiger partial charge in [-0.2, -0.15) is 0 Å². The Morgan fingerprint density at radius 2 is 1.77 bits per heavy atom. The molecule has 0 aliphatic heterocycles. The number of carbonyl (C=O) groups excluding carboxylic acids is 1. The number of halogens is 2. The zero-order chi connectivity index (χ0) is 18.9. The van der Waals surface area contributed by atoms with Gasteiger partial charge in [-0.3, -0.25) is 9.59 Å². The van der Waals surface area contributed by atoms with Crippen LogP contribution in [0, 0.1) is 0 Å². The van der Waals surface area contributed by atoms with E-state index in [4.69, 9.17) is 5.53 Å². The molecule has 3 aromatic rings. The first-order valence-electron chi connectivity index (χ1n) is 7.29. The van der Waals surface area contributed by atoms with Gasteiger partial charge in [0.25, 0.3) is 5.56 Å². The highest BCUT2D eigenvalue weighted by molar-refractivity contribution is 9.10. The van der Waals surface area contributed by atoms with Crippen molar-refractivity contribution in [1.29, 1.82) is 0 Å². The van der Waals surface area contributed by atoms with Crippen molar-refractivity contribution in [2.75, 3.05) is 0 Å². The third-order valence-corrected chi connectivity index (χ3v) is 4.19. The molecule has 1 heterocycles. The smallest absolute Gasteiger partial charge is 0.255 e. The van der Waals surface area contributed by atoms with Crippen LogP contribution in [0.2, 0.25) is 0 Å². The molecule has 26 heavy (non-hydrogen) atoms. The molecule has 0 saturated carbocycles. The molecule has 0 atom stereocenters. The Bertz CT molecular complexity index is 1050. The van der Waals surface area contributed by atoms with Crippen molar-refractivity contribution in [3.63, 3.8) is 0 Å². The van der Waals surface area contributed by atoms with Crippen LogP contribution in [0.25, 0.3) is 27.3 Å². The fraction of sp³-hybridized carbons (Fsp3) is 0. The number of hydrogen-bond donors (Lipinski definition) is 1. The van der Waals surface area contributed by atoms with E-state index in [-0.39, 0.29) is 5.56 Å². The molecule has 0 unspecified atom stereocenters. The third-order valence-electron chi connectivity index (χ3n) is 3.17. The predicted molar refractivity (Wildman–Crippen MR) is 110 cm³/mol. The van der Waals surface area contributed by atoms with E-state index in [9.17, 15) is 9.59 Å². The van der Waals surface area contributed by atoms with Gasteiger partial charge in [0.05, 0.1) is 0 Å². The summed E-state index contributed by atoms with van der Waals surface area (Å²) in [6.07, 6.45) is 4.46. The van der Waals surface area contributed by atoms with E-state index in [0.29, 0.717) is 5.39 Å². The molecule has 2 aromatic carbocycles. The van der Waals surface area contributed by atoms with Gasteiger partial charge in [0.2, 0.25) is 5.91 Å². The van der Waals surface area contributed by atoms with Crippen molar-refractivity contribution in [1.82, 2.24) is 4.98 Å². The van der Waals surface area contributed by atoms with Crippen LogP contribution < -0.4 is 5.56 Å². The summed E-state index contributed by atoms with van der Waals surface area (Å²) < 4.78 is 1.89. The molecule has 6 nitrogen and oxygen atoms in total. The van der Waals surface area contributed by atoms with E-state index < -0.39 is 5.91 Å². The summed E-state index contributed by atoms with van der Waals surface area (Å²) in [6, 6.07) is 14.9. The first-order valence-corrected chi connectivity index (χ1v) is 8.88. The number of aromatic nitrogens is 1. The number of azide groups is 1. The average Bonchev–Trinajstić information content (AvgIpc) is 2.63. The first kappa shape index (κ1) is 19.7. The van der Waals surface area contributed by atoms with Gasteiger partial charge in [-0.05, 0) is 58.0 Å². The molecule has 8 heteroatoms. The summed E-state index contributed by atoms with van der Waals surface area (Å²) in [5.41, 5.74) is 8.79. The fourth-order valence-electron chi connectivity index (χ4n) is 1.97. The van der Waals surface area contributed by atoms with E-state index in [1.807, 2.05) is 48.5 Å². The molecular weight excluding hydrogens is 464 g/mol. The quantitative estimate of drug-likeness (QED) is 0.226. The van der Waals surface area contributed by atoms with Crippen LogP contribution >= 0.6 is 31.9 Å². The molecule has 0 fully saturated rings. The number of pyridine rings is 1. The summed E-state index contributed by atoms with van der Waals surface area (Å²) in [6.45, 7) is 0. The normalized spacial score (nSPS) is 10.1. The van der Waals surface area contributed by atoms with Crippen molar-refractivity contribution in [2.45, 2.75) is 0 Å². The van der Waals surface area contributed by atoms with Crippen molar-refractivity contribution in [3.8, 4) is 0 Å². The second kappa shape index (κ2) is 9.72. The Hall–Kier alpha value is -2.67. The second-order valence-electron chi connectivity index (χ2n) is 4.95. The van der Waals surface area contributed by atoms with Gasteiger partial charge in [0, 0.05) is 25.4 Å². The van der Waals surface area contributed by atoms with Gasteiger partial charge >= 0.3 is 0 Å². The van der Waals surface area contributed by atoms with E-state index in [1.54, 1.807) is 12.3 Å². The van der Waals surface area contributed by atoms with Crippen molar-refractivity contribution < 1.29 is 4.79 Å². The Morgan fingerprint density at radius 1 is 1.08 bits per heavy atom. The van der Waals surface area contributed by atoms with E-state index in [1.165, 1.54) is 6.08 Å². The molecule has 1 amide bonds. The number of fused-ring (bicyclic) bond motifs is 1. The lowest BCUT2D eigenvalue weighted by molar-refractivity contribution is -0.113. The molecule has 0 spiro atoms. The maximum atomic E-state index is 11.3. The minimum Gasteiger partial charge on any atom is -0.329 e. The van der Waals surface area contributed by atoms with Crippen LogP contribution in [0.4, 0.5) is 0 Å². The Kier molecular flexibility index (Phi) is 7.35. The van der Waals surface area contributed by atoms with E-state index in [2.05, 4.69) is 46.9 Å². The number of benzene rings is 2. The average molecular weight is 476 g/mol. The van der Waals surface area contributed by atoms with Crippen LogP contribution in [0.5, 0.6) is 0 Å². The number of H-pyrrole nitrogens is 1. The van der Waals surface area contributed by atoms with Crippen molar-refractivity contribution in [3.05, 3.63) is 96.1 Å². The van der Waals surface area contributed by atoms with Crippen molar-refractivity contribution >= 4 is 54.6 Å². The lowest BCUT2D eigenvalue weighted by Crippen LogP contribution is -2.03. The molecule has 0 aliphatic rings. The Labute approximate surface area is 165 Å². The molecule has 3 rings (SSSR count). The van der Waals surface area contributed by atoms with E-state index in [0.717, 1.165) is 19.9 Å². The van der Waals surface area contributed by atoms with Gasteiger partial charge in [-0.1, -0.05) is 56.1 Å². The molecule has 130 valence electrons. The van der Waals surface area contributed by atoms with E-state index >= 15 is 0 Å². The number of amides is 1. The summed E-state index contributed by atoms with van der Waals surface area (Å²) in [7, 11) is 0. The van der Waals surface area contributed by atoms with Gasteiger partial charge in [-0.15, -0.1) is 0 Å². The minimum absolute atomic E-state index is 0.0474. The zero-order valence-corrected chi connectivity index (χ0v) is 16.4. The number of hydrogen-bond acceptors (Lipinski definition) is 2. The molecule has 1 N–H and O–H groups in total. The summed E-state index contributed by atoms with van der Waals surface area (Å²) in [5, 5.41) is 4.58. The highest BCUT2D eigenvalue weighted by Gasteiger charge is 1.96. The van der Waals surface area contributed by atoms with Crippen molar-refractivity contribution in [2.24, 2.45) is 5.11 Å². The van der Waals surface area contributed by atoms with Gasteiger partial charge in [0.1, 0.15) is 0 Å². The topological polar surface area (TPSA) is 98.7 Å². The number of nitrogens with zero attached hydrogens (tertiary/aromatic N) is 3. The SMILES string of the molecule is O=c1[nH]ccc2ccc(Br)cc12.[N-]=[N+]=NC(=O)/C=C/c1ccc(Br)cc1. The van der Waals surface area contributed by atoms with Crippen LogP contribution in [-0.4, -0.2) is 10.9 Å². The highest BCUT2D eigenvalue weighted by atomic mass is 79.9. The Morgan fingerprint density at radius 3 is 2.46 bits per heavy atom. The molecule has 0 bridgehead atoms. The van der Waals surface area contributed by atoms with Gasteiger partial charge in [-0.25, -0.2) is 0 Å².